The zero-order valence-electron chi connectivity index (χ0n) is 49.4. The molecule has 2 aromatic carbocycles. The third kappa shape index (κ3) is 14.0. The molecule has 26 nitrogen and oxygen atoms in total. The highest BCUT2D eigenvalue weighted by molar-refractivity contribution is 6.11. The number of aliphatic hydroxyl groups excluding tert-OH is 5. The second-order valence-electron chi connectivity index (χ2n) is 23.3. The Balaban J connectivity index is 1.04. The lowest BCUT2D eigenvalue weighted by Gasteiger charge is -2.46. The number of ketones is 2. The van der Waals surface area contributed by atoms with E-state index in [0.29, 0.717) is 0 Å². The Bertz CT molecular complexity index is 2640. The third-order valence-corrected chi connectivity index (χ3v) is 16.9. The van der Waals surface area contributed by atoms with Crippen molar-refractivity contribution in [3.63, 3.8) is 0 Å². The fourth-order valence-corrected chi connectivity index (χ4v) is 12.5. The fourth-order valence-electron chi connectivity index (χ4n) is 12.5. The van der Waals surface area contributed by atoms with Crippen LogP contribution in [-0.2, 0) is 82.4 Å². The van der Waals surface area contributed by atoms with Gasteiger partial charge in [-0.05, 0) is 84.9 Å². The number of methoxy groups -OCH3 is 2. The lowest BCUT2D eigenvalue weighted by atomic mass is 9.75. The van der Waals surface area contributed by atoms with Gasteiger partial charge in [-0.2, -0.15) is 0 Å². The van der Waals surface area contributed by atoms with Gasteiger partial charge in [-0.15, -0.1) is 0 Å². The number of fused-ring (bicyclic) bond motifs is 2. The highest BCUT2D eigenvalue weighted by Crippen LogP contribution is 2.48. The number of aromatic hydroxyl groups is 2. The number of esters is 2. The van der Waals surface area contributed by atoms with Crippen LogP contribution in [0.3, 0.4) is 0 Å². The average Bonchev–Trinajstić information content (AvgIpc) is 3.55. The number of rotatable bonds is 19. The Labute approximate surface area is 486 Å². The Morgan fingerprint density at radius 2 is 1.27 bits per heavy atom. The van der Waals surface area contributed by atoms with Gasteiger partial charge in [-0.3, -0.25) is 19.2 Å². The number of hydrogen-bond acceptors (Lipinski definition) is 26. The predicted octanol–water partition coefficient (Wildman–Crippen LogP) is 1.94. The number of carbonyl (C=O) groups is 4. The molecule has 26 heteroatoms. The minimum atomic E-state index is -1.96. The van der Waals surface area contributed by atoms with E-state index in [4.69, 9.17) is 66.3 Å². The van der Waals surface area contributed by atoms with E-state index in [9.17, 15) is 55.2 Å². The maximum Gasteiger partial charge on any atom is 0.305 e. The highest BCUT2D eigenvalue weighted by Gasteiger charge is 2.53. The summed E-state index contributed by atoms with van der Waals surface area (Å²) in [5.74, 6) is -5.23. The van der Waals surface area contributed by atoms with Crippen LogP contribution >= 0.6 is 0 Å². The quantitative estimate of drug-likeness (QED) is 0.0932. The van der Waals surface area contributed by atoms with Gasteiger partial charge in [-0.1, -0.05) is 6.92 Å². The summed E-state index contributed by atoms with van der Waals surface area (Å²) in [7, 11) is 2.65. The predicted molar refractivity (Wildman–Crippen MR) is 287 cm³/mol. The molecule has 2 aromatic rings. The van der Waals surface area contributed by atoms with E-state index in [-0.39, 0.29) is 78.2 Å². The maximum absolute atomic E-state index is 15.2. The van der Waals surface area contributed by atoms with Gasteiger partial charge in [0.15, 0.2) is 48.9 Å². The molecule has 84 heavy (non-hydrogen) atoms. The molecule has 5 saturated heterocycles. The summed E-state index contributed by atoms with van der Waals surface area (Å²) in [6.07, 6.45) is -25.8. The van der Waals surface area contributed by atoms with Crippen molar-refractivity contribution in [3.05, 3.63) is 28.8 Å². The Kier molecular flexibility index (Phi) is 21.1. The number of Topliss-reactive ketones (excluding diaryl/α,β-unsaturated/α-hetero) is 2. The van der Waals surface area contributed by atoms with Crippen LogP contribution in [0.2, 0.25) is 0 Å². The monoisotopic (exact) mass is 1200 g/mol. The van der Waals surface area contributed by atoms with Crippen molar-refractivity contribution < 1.29 is 126 Å². The van der Waals surface area contributed by atoms with Crippen molar-refractivity contribution in [1.29, 1.82) is 0 Å². The van der Waals surface area contributed by atoms with E-state index < -0.39 is 188 Å². The Hall–Kier alpha value is -4.30. The van der Waals surface area contributed by atoms with Crippen molar-refractivity contribution >= 4 is 34.3 Å². The van der Waals surface area contributed by atoms with Gasteiger partial charge >= 0.3 is 11.9 Å². The van der Waals surface area contributed by atoms with Gasteiger partial charge in [0.05, 0.1) is 65.9 Å². The number of carbonyl (C=O) groups excluding carboxylic acids is 4. The molecule has 5 heterocycles. The molecular formula is C58H84O26. The van der Waals surface area contributed by atoms with Crippen LogP contribution in [0.4, 0.5) is 0 Å². The minimum absolute atomic E-state index is 0.0251. The van der Waals surface area contributed by atoms with Crippen LogP contribution in [0, 0.1) is 12.8 Å². The lowest BCUT2D eigenvalue weighted by Crippen LogP contribution is -2.59. The molecule has 472 valence electrons. The third-order valence-electron chi connectivity index (χ3n) is 16.9. The van der Waals surface area contributed by atoms with Crippen molar-refractivity contribution in [2.24, 2.45) is 5.92 Å². The topological polar surface area (TPSA) is 359 Å². The van der Waals surface area contributed by atoms with Gasteiger partial charge in [0.1, 0.15) is 65.6 Å². The first kappa shape index (κ1) is 65.7. The molecule has 0 radical (unpaired) electrons. The van der Waals surface area contributed by atoms with Crippen LogP contribution in [0.5, 0.6) is 17.2 Å². The van der Waals surface area contributed by atoms with E-state index in [2.05, 4.69) is 0 Å². The summed E-state index contributed by atoms with van der Waals surface area (Å²) in [5, 5.41) is 90.3. The molecule has 8 N–H and O–H groups in total. The zero-order valence-corrected chi connectivity index (χ0v) is 49.4. The number of phenols is 2. The van der Waals surface area contributed by atoms with Crippen LogP contribution in [0.15, 0.2) is 12.1 Å². The van der Waals surface area contributed by atoms with Crippen molar-refractivity contribution in [2.45, 2.75) is 261 Å². The first-order valence-corrected chi connectivity index (χ1v) is 28.8. The number of phenolic OH excluding ortho intramolecular Hbond substituents is 2. The fraction of sp³-hybridized carbons (Fsp3) is 0.759. The number of hydrogen-bond donors (Lipinski definition) is 8. The average molecular weight is 1200 g/mol. The van der Waals surface area contributed by atoms with Crippen LogP contribution in [0.25, 0.3) is 10.8 Å². The summed E-state index contributed by atoms with van der Waals surface area (Å²) in [5.41, 5.74) is -1.51. The van der Waals surface area contributed by atoms with Crippen LogP contribution in [0.1, 0.15) is 122 Å². The number of ether oxygens (including phenoxy) is 14. The first-order valence-electron chi connectivity index (χ1n) is 28.8. The van der Waals surface area contributed by atoms with Crippen LogP contribution < -0.4 is 4.74 Å². The molecular weight excluding hydrogens is 1110 g/mol. The molecule has 0 aromatic heterocycles. The van der Waals surface area contributed by atoms with E-state index in [1.165, 1.54) is 61.0 Å². The zero-order chi connectivity index (χ0) is 61.5. The molecule has 5 aliphatic heterocycles. The standard InChI is InChI=1S/C58H84O26/c1-13-38(62)83-57-28(8)77-43(21-58(57,10)70)81-36-18-40(73-24(4)49(36)66)80-35-19-42(74-25(5)48(35)65)84-56-32(55(72-12)52(69)47(64)23(3)59)15-30-14-31-16-34(22(2)46(63)44(31)50(67)45(30)51(56)68)79-41-20-37(54(27(7)76-41)78-29(9)60)82-39-17-33(61)53(71-11)26(6)75-39/h14,16,23-28,32-33,35-37,39-43,47-49,53-57,59,61,63-67,70H,13,15,17-21H2,1-12H3/t23-,24-,25-,26-,27-,28+,32+,33-,35-,36-,37-,39-,40+,41+,42+,43+,47+,48-,49-,53+,54+,55+,56+,57+,58+/m1/s1. The van der Waals surface area contributed by atoms with Crippen molar-refractivity contribution in [3.8, 4) is 17.2 Å². The molecule has 8 rings (SSSR count). The first-order chi connectivity index (χ1) is 39.5. The number of aliphatic hydroxyl groups is 6. The van der Waals surface area contributed by atoms with Crippen molar-refractivity contribution in [1.82, 2.24) is 0 Å². The second-order valence-corrected chi connectivity index (χ2v) is 23.3. The molecule has 1 aliphatic carbocycles. The Morgan fingerprint density at radius 3 is 1.85 bits per heavy atom. The molecule has 6 aliphatic rings. The number of benzene rings is 2. The van der Waals surface area contributed by atoms with E-state index in [1.54, 1.807) is 34.6 Å². The SMILES string of the molecule is CCC(=O)O[C@H]1[C@H](C)O[C@@H](O[C@@H]2C[C@H](O[C@@H]3C[C@H](O[C@@H]4C(=O)c5c(cc6cc(O[C@H]7C[C@@H](O[C@@H]8C[C@@H](O)[C@@H](OC)[C@@H](C)O8)[C@@H](OC(C)=O)[C@@H](C)O7)c(C)c(O)c6c5O)C[C@H]4[C@H](OC)C(=O)[C@@H](O)[C@@H](C)O)O[C@H](C)[C@H]3O)O[C@H](C)[C@H]2O)C[C@]1(C)O. The summed E-state index contributed by atoms with van der Waals surface area (Å²) in [6.45, 7) is 15.3. The summed E-state index contributed by atoms with van der Waals surface area (Å²) < 4.78 is 84.5. The molecule has 0 saturated carbocycles. The van der Waals surface area contributed by atoms with Gasteiger partial charge < -0.3 is 107 Å². The second kappa shape index (κ2) is 27.0. The largest absolute Gasteiger partial charge is 0.507 e. The van der Waals surface area contributed by atoms with Crippen LogP contribution in [-0.4, -0.2) is 225 Å². The van der Waals surface area contributed by atoms with Gasteiger partial charge in [0, 0.05) is 71.1 Å². The van der Waals surface area contributed by atoms with E-state index >= 15 is 4.79 Å². The van der Waals surface area contributed by atoms with E-state index in [1.807, 2.05) is 0 Å². The molecule has 0 spiro atoms. The smallest absolute Gasteiger partial charge is 0.305 e. The van der Waals surface area contributed by atoms with Gasteiger partial charge in [-0.25, -0.2) is 0 Å². The molecule has 0 unspecified atom stereocenters. The molecule has 0 bridgehead atoms. The lowest BCUT2D eigenvalue weighted by molar-refractivity contribution is -0.334. The summed E-state index contributed by atoms with van der Waals surface area (Å²) >= 11 is 0. The summed E-state index contributed by atoms with van der Waals surface area (Å²) in [4.78, 5) is 53.6. The maximum atomic E-state index is 15.2. The van der Waals surface area contributed by atoms with Gasteiger partial charge in [0.25, 0.3) is 0 Å². The Morgan fingerprint density at radius 1 is 0.726 bits per heavy atom. The summed E-state index contributed by atoms with van der Waals surface area (Å²) in [6, 6.07) is 3.04. The minimum Gasteiger partial charge on any atom is -0.507 e. The normalized spacial score (nSPS) is 39.4. The van der Waals surface area contributed by atoms with E-state index in [0.717, 1.165) is 0 Å². The van der Waals surface area contributed by atoms with Gasteiger partial charge in [0.2, 0.25) is 6.29 Å². The molecule has 0 amide bonds. The van der Waals surface area contributed by atoms with Crippen molar-refractivity contribution in [2.75, 3.05) is 14.2 Å². The molecule has 25 atom stereocenters. The molecule has 5 fully saturated rings. The highest BCUT2D eigenvalue weighted by atomic mass is 16.7.